The minimum Gasteiger partial charge on any atom is -0.495 e. The van der Waals surface area contributed by atoms with Crippen LogP contribution >= 0.6 is 0 Å². The zero-order chi connectivity index (χ0) is 36.6. The van der Waals surface area contributed by atoms with Gasteiger partial charge in [0, 0.05) is 12.6 Å². The first kappa shape index (κ1) is 36.9. The highest BCUT2D eigenvalue weighted by Crippen LogP contribution is 2.37. The summed E-state index contributed by atoms with van der Waals surface area (Å²) >= 11 is 0. The van der Waals surface area contributed by atoms with Gasteiger partial charge in [0.05, 0.1) is 27.0 Å². The van der Waals surface area contributed by atoms with Crippen molar-refractivity contribution in [3.05, 3.63) is 90.4 Å². The van der Waals surface area contributed by atoms with Crippen molar-refractivity contribution in [1.29, 1.82) is 0 Å². The van der Waals surface area contributed by atoms with Crippen molar-refractivity contribution in [2.75, 3.05) is 31.5 Å². The molecule has 0 saturated heterocycles. The summed E-state index contributed by atoms with van der Waals surface area (Å²) in [5.41, 5.74) is 1.24. The molecule has 268 valence electrons. The smallest absolute Gasteiger partial charge is 0.413 e. The number of nitrogens with zero attached hydrogens (tertiary/aromatic N) is 5. The molecule has 51 heavy (non-hydrogen) atoms. The largest absolute Gasteiger partial charge is 0.495 e. The molecule has 0 saturated carbocycles. The second kappa shape index (κ2) is 16.1. The lowest BCUT2D eigenvalue weighted by Crippen LogP contribution is -2.66. The molecule has 1 atom stereocenters. The third kappa shape index (κ3) is 8.18. The van der Waals surface area contributed by atoms with Gasteiger partial charge in [-0.1, -0.05) is 94.8 Å². The number of amides is 1. The number of fused-ring (bicyclic) bond motifs is 1. The van der Waals surface area contributed by atoms with Gasteiger partial charge in [-0.05, 0) is 40.4 Å². The molecule has 0 bridgehead atoms. The number of methoxy groups -OCH3 is 2. The maximum atomic E-state index is 12.2. The predicted octanol–water partition coefficient (Wildman–Crippen LogP) is 5.70. The molecular formula is C37H45N7O6Si. The third-order valence-corrected chi connectivity index (χ3v) is 13.8. The van der Waals surface area contributed by atoms with Gasteiger partial charge in [-0.2, -0.15) is 10.1 Å². The summed E-state index contributed by atoms with van der Waals surface area (Å²) in [5, 5.41) is 22.6. The number of rotatable bonds is 15. The Labute approximate surface area is 298 Å². The van der Waals surface area contributed by atoms with E-state index < -0.39 is 20.4 Å². The average Bonchev–Trinajstić information content (AvgIpc) is 3.52. The van der Waals surface area contributed by atoms with Crippen molar-refractivity contribution in [1.82, 2.24) is 24.7 Å². The fraction of sp³-hybridized carbons (Fsp3) is 0.351. The van der Waals surface area contributed by atoms with Gasteiger partial charge in [0.15, 0.2) is 5.82 Å². The summed E-state index contributed by atoms with van der Waals surface area (Å²) in [6, 6.07) is 23.9. The predicted molar refractivity (Wildman–Crippen MR) is 199 cm³/mol. The summed E-state index contributed by atoms with van der Waals surface area (Å²) in [6.07, 6.45) is 3.20. The Kier molecular flexibility index (Phi) is 11.7. The minimum atomic E-state index is -2.76. The van der Waals surface area contributed by atoms with Crippen molar-refractivity contribution in [2.45, 2.75) is 64.6 Å². The molecule has 0 radical (unpaired) electrons. The van der Waals surface area contributed by atoms with E-state index in [1.54, 1.807) is 16.9 Å². The Morgan fingerprint density at radius 3 is 2.16 bits per heavy atom. The number of carboxylic acid groups (broad SMARTS) is 1. The number of ether oxygens (including phenoxy) is 2. The van der Waals surface area contributed by atoms with E-state index in [2.05, 4.69) is 102 Å². The molecule has 5 rings (SSSR count). The van der Waals surface area contributed by atoms with E-state index >= 15 is 0 Å². The number of hydrogen-bond donors (Lipinski definition) is 3. The van der Waals surface area contributed by atoms with E-state index in [4.69, 9.17) is 18.9 Å². The van der Waals surface area contributed by atoms with Crippen molar-refractivity contribution in [3.8, 4) is 5.75 Å². The van der Waals surface area contributed by atoms with Crippen LogP contribution in [0.2, 0.25) is 5.04 Å². The number of pyridine rings is 1. The molecule has 0 aliphatic heterocycles. The number of carboxylic acids is 1. The Morgan fingerprint density at radius 2 is 1.59 bits per heavy atom. The first-order valence-electron chi connectivity index (χ1n) is 16.9. The molecule has 0 spiro atoms. The molecule has 0 aliphatic rings. The van der Waals surface area contributed by atoms with Crippen molar-refractivity contribution >= 4 is 53.6 Å². The fourth-order valence-electron chi connectivity index (χ4n) is 6.41. The molecule has 0 aliphatic carbocycles. The molecule has 5 aromatic rings. The molecule has 0 unspecified atom stereocenters. The molecule has 0 fully saturated rings. The first-order chi connectivity index (χ1) is 24.5. The van der Waals surface area contributed by atoms with Crippen molar-refractivity contribution < 1.29 is 28.6 Å². The third-order valence-electron chi connectivity index (χ3n) is 8.74. The lowest BCUT2D eigenvalue weighted by atomic mass is 10.1. The summed E-state index contributed by atoms with van der Waals surface area (Å²) in [6.45, 7) is 9.44. The summed E-state index contributed by atoms with van der Waals surface area (Å²) in [4.78, 5) is 37.4. The Bertz CT molecular complexity index is 1910. The van der Waals surface area contributed by atoms with Crippen molar-refractivity contribution in [3.63, 3.8) is 0 Å². The van der Waals surface area contributed by atoms with Gasteiger partial charge in [0.2, 0.25) is 5.95 Å². The van der Waals surface area contributed by atoms with Gasteiger partial charge < -0.3 is 24.3 Å². The lowest BCUT2D eigenvalue weighted by Gasteiger charge is -2.43. The average molecular weight is 712 g/mol. The molecule has 13 nitrogen and oxygen atoms in total. The Balaban J connectivity index is 1.50. The highest BCUT2D eigenvalue weighted by Gasteiger charge is 2.50. The summed E-state index contributed by atoms with van der Waals surface area (Å²) in [7, 11) is -0.00230. The Hall–Kier alpha value is -5.34. The number of aromatic nitrogens is 5. The SMILES string of the molecule is CCC[C@@H](CCO[Si](c1ccccc1)(c1ccccc1)C(C)(C)C)Nc1nc(NC(=O)OC)nc2cnn(Cc3nc(C(=O)O)ccc3OC)c12. The molecule has 3 aromatic heterocycles. The number of benzene rings is 2. The van der Waals surface area contributed by atoms with Crippen LogP contribution in [0.1, 0.15) is 63.1 Å². The van der Waals surface area contributed by atoms with Gasteiger partial charge in [0.1, 0.15) is 28.2 Å². The van der Waals surface area contributed by atoms with Crippen LogP contribution < -0.4 is 25.7 Å². The first-order valence-corrected chi connectivity index (χ1v) is 18.8. The van der Waals surface area contributed by atoms with Crippen LogP contribution in [0.4, 0.5) is 16.6 Å². The van der Waals surface area contributed by atoms with E-state index in [-0.39, 0.29) is 29.3 Å². The monoisotopic (exact) mass is 711 g/mol. The summed E-state index contributed by atoms with van der Waals surface area (Å²) in [5.74, 6) is -0.275. The number of aromatic carboxylic acids is 1. The van der Waals surface area contributed by atoms with Crippen LogP contribution in [-0.2, 0) is 15.7 Å². The highest BCUT2D eigenvalue weighted by atomic mass is 28.4. The second-order valence-electron chi connectivity index (χ2n) is 13.1. The molecule has 2 aromatic carbocycles. The zero-order valence-electron chi connectivity index (χ0n) is 29.8. The maximum absolute atomic E-state index is 12.2. The number of hydrogen-bond acceptors (Lipinski definition) is 10. The van der Waals surface area contributed by atoms with E-state index in [1.165, 1.54) is 30.7 Å². The van der Waals surface area contributed by atoms with E-state index in [9.17, 15) is 14.7 Å². The van der Waals surface area contributed by atoms with Gasteiger partial charge in [0.25, 0.3) is 8.32 Å². The second-order valence-corrected chi connectivity index (χ2v) is 17.4. The molecule has 3 heterocycles. The van der Waals surface area contributed by atoms with Crippen LogP contribution in [0.3, 0.4) is 0 Å². The standard InChI is InChI=1S/C37H45N7O6Si/c1-7-14-25(21-22-50-51(37(2,3)4,26-15-10-8-11-16-26)27-17-12-9-13-18-27)39-33-32-29(41-35(42-33)43-36(47)49-6)23-38-44(32)24-30-31(48-5)20-19-28(40-30)34(45)46/h8-13,15-20,23,25H,7,14,21-22,24H2,1-6H3,(H,45,46)(H2,39,41,42,43,47)/t25-/m0/s1. The van der Waals surface area contributed by atoms with Gasteiger partial charge >= 0.3 is 12.1 Å². The molecule has 14 heteroatoms. The van der Waals surface area contributed by atoms with Gasteiger partial charge in [-0.3, -0.25) is 10.00 Å². The topological polar surface area (TPSA) is 163 Å². The van der Waals surface area contributed by atoms with Crippen LogP contribution in [0.15, 0.2) is 79.0 Å². The quantitative estimate of drug-likeness (QED) is 0.114. The number of anilines is 2. The van der Waals surface area contributed by atoms with Crippen molar-refractivity contribution in [2.24, 2.45) is 0 Å². The maximum Gasteiger partial charge on any atom is 0.413 e. The molecule has 1 amide bonds. The van der Waals surface area contributed by atoms with E-state index in [0.29, 0.717) is 41.3 Å². The van der Waals surface area contributed by atoms with E-state index in [1.807, 2.05) is 12.1 Å². The highest BCUT2D eigenvalue weighted by molar-refractivity contribution is 6.99. The number of carbonyl (C=O) groups excluding carboxylic acids is 1. The van der Waals surface area contributed by atoms with Gasteiger partial charge in [-0.25, -0.2) is 19.6 Å². The Morgan fingerprint density at radius 1 is 0.922 bits per heavy atom. The van der Waals surface area contributed by atoms with Crippen LogP contribution in [0, 0.1) is 0 Å². The minimum absolute atomic E-state index is 0.0405. The van der Waals surface area contributed by atoms with Crippen LogP contribution in [-0.4, -0.2) is 77.1 Å². The normalized spacial score (nSPS) is 12.4. The zero-order valence-corrected chi connectivity index (χ0v) is 30.8. The fourth-order valence-corrected chi connectivity index (χ4v) is 11.0. The molecular weight excluding hydrogens is 667 g/mol. The number of carbonyl (C=O) groups is 2. The van der Waals surface area contributed by atoms with Crippen LogP contribution in [0.5, 0.6) is 5.75 Å². The van der Waals surface area contributed by atoms with Crippen LogP contribution in [0.25, 0.3) is 11.0 Å². The number of nitrogens with one attached hydrogen (secondary N) is 2. The lowest BCUT2D eigenvalue weighted by molar-refractivity contribution is 0.0690. The molecule has 3 N–H and O–H groups in total. The van der Waals surface area contributed by atoms with Gasteiger partial charge in [-0.15, -0.1) is 0 Å². The van der Waals surface area contributed by atoms with E-state index in [0.717, 1.165) is 12.8 Å². The summed E-state index contributed by atoms with van der Waals surface area (Å²) < 4.78 is 19.1.